The zero-order valence-corrected chi connectivity index (χ0v) is 23.6. The van der Waals surface area contributed by atoms with Crippen molar-refractivity contribution in [1.29, 1.82) is 0 Å². The van der Waals surface area contributed by atoms with Gasteiger partial charge in [-0.1, -0.05) is 83.0 Å². The number of hydrogen-bond donors (Lipinski definition) is 6. The van der Waals surface area contributed by atoms with Gasteiger partial charge in [-0.2, -0.15) is 0 Å². The molecular formula is C30H42N4O6. The molecule has 0 aliphatic heterocycles. The Hall–Kier alpha value is -3.92. The molecule has 218 valence electrons. The number of carboxylic acid groups (broad SMARTS) is 1. The minimum atomic E-state index is -1.26. The molecule has 0 saturated carbocycles. The van der Waals surface area contributed by atoms with E-state index in [1.54, 1.807) is 19.1 Å². The Kier molecular flexibility index (Phi) is 12.6. The minimum Gasteiger partial charge on any atom is -0.508 e. The molecule has 10 heteroatoms. The molecular weight excluding hydrogens is 512 g/mol. The lowest BCUT2D eigenvalue weighted by atomic mass is 9.95. The maximum Gasteiger partial charge on any atom is 0.326 e. The first-order valence-electron chi connectivity index (χ1n) is 13.7. The second kappa shape index (κ2) is 15.6. The highest BCUT2D eigenvalue weighted by Gasteiger charge is 2.33. The monoisotopic (exact) mass is 554 g/mol. The van der Waals surface area contributed by atoms with Crippen LogP contribution in [-0.4, -0.2) is 58.1 Å². The van der Waals surface area contributed by atoms with Crippen LogP contribution in [0.4, 0.5) is 0 Å². The second-order valence-corrected chi connectivity index (χ2v) is 10.3. The zero-order chi connectivity index (χ0) is 29.8. The largest absolute Gasteiger partial charge is 0.508 e. The molecule has 0 aliphatic carbocycles. The van der Waals surface area contributed by atoms with Crippen LogP contribution in [0.15, 0.2) is 54.6 Å². The first-order chi connectivity index (χ1) is 19.0. The van der Waals surface area contributed by atoms with Gasteiger partial charge in [0.25, 0.3) is 0 Å². The first-order valence-corrected chi connectivity index (χ1v) is 13.7. The molecule has 0 radical (unpaired) electrons. The number of carboxylic acids is 1. The van der Waals surface area contributed by atoms with Crippen molar-refractivity contribution in [3.8, 4) is 5.75 Å². The lowest BCUT2D eigenvalue weighted by molar-refractivity contribution is -0.142. The number of phenolic OH excluding ortho intramolecular Hbond substituents is 1. The van der Waals surface area contributed by atoms with Gasteiger partial charge in [0.15, 0.2) is 0 Å². The van der Waals surface area contributed by atoms with Crippen LogP contribution in [0, 0.1) is 11.8 Å². The second-order valence-electron chi connectivity index (χ2n) is 10.3. The predicted octanol–water partition coefficient (Wildman–Crippen LogP) is 2.14. The number of nitrogens with one attached hydrogen (secondary N) is 3. The molecule has 0 saturated heterocycles. The number of rotatable bonds is 15. The van der Waals surface area contributed by atoms with Crippen molar-refractivity contribution in [2.75, 3.05) is 0 Å². The van der Waals surface area contributed by atoms with E-state index in [2.05, 4.69) is 16.0 Å². The molecule has 6 unspecified atom stereocenters. The van der Waals surface area contributed by atoms with Crippen LogP contribution in [0.1, 0.15) is 51.7 Å². The third kappa shape index (κ3) is 9.68. The van der Waals surface area contributed by atoms with E-state index in [4.69, 9.17) is 5.73 Å². The van der Waals surface area contributed by atoms with Gasteiger partial charge in [-0.05, 0) is 35.1 Å². The summed E-state index contributed by atoms with van der Waals surface area (Å²) in [4.78, 5) is 51.7. The Balaban J connectivity index is 2.24. The number of carbonyl (C=O) groups is 4. The molecule has 6 atom stereocenters. The summed E-state index contributed by atoms with van der Waals surface area (Å²) in [5.74, 6) is -3.29. The highest BCUT2D eigenvalue weighted by atomic mass is 16.4. The fraction of sp³-hybridized carbons (Fsp3) is 0.467. The summed E-state index contributed by atoms with van der Waals surface area (Å²) in [6, 6.07) is 11.1. The zero-order valence-electron chi connectivity index (χ0n) is 23.6. The van der Waals surface area contributed by atoms with E-state index < -0.39 is 47.9 Å². The van der Waals surface area contributed by atoms with Crippen LogP contribution >= 0.6 is 0 Å². The predicted molar refractivity (Wildman–Crippen MR) is 152 cm³/mol. The van der Waals surface area contributed by atoms with Crippen molar-refractivity contribution < 1.29 is 29.4 Å². The number of amides is 3. The first kappa shape index (κ1) is 32.3. The van der Waals surface area contributed by atoms with E-state index in [0.29, 0.717) is 18.4 Å². The lowest BCUT2D eigenvalue weighted by Gasteiger charge is -2.28. The van der Waals surface area contributed by atoms with Crippen molar-refractivity contribution in [1.82, 2.24) is 16.0 Å². The van der Waals surface area contributed by atoms with Crippen molar-refractivity contribution in [3.05, 3.63) is 65.7 Å². The number of carbonyl (C=O) groups excluding carboxylic acids is 3. The average Bonchev–Trinajstić information content (AvgIpc) is 2.95. The molecule has 2 aromatic carbocycles. The number of benzene rings is 2. The molecule has 0 aromatic heterocycles. The van der Waals surface area contributed by atoms with E-state index in [9.17, 15) is 29.4 Å². The molecule has 0 spiro atoms. The number of phenols is 1. The van der Waals surface area contributed by atoms with E-state index in [1.807, 2.05) is 51.1 Å². The van der Waals surface area contributed by atoms with Gasteiger partial charge in [-0.15, -0.1) is 0 Å². The van der Waals surface area contributed by atoms with Gasteiger partial charge in [0.1, 0.15) is 23.9 Å². The molecule has 2 rings (SSSR count). The quantitative estimate of drug-likeness (QED) is 0.196. The molecule has 0 heterocycles. The molecule has 40 heavy (non-hydrogen) atoms. The van der Waals surface area contributed by atoms with E-state index in [-0.39, 0.29) is 30.4 Å². The minimum absolute atomic E-state index is 0.0112. The highest BCUT2D eigenvalue weighted by Crippen LogP contribution is 2.14. The smallest absolute Gasteiger partial charge is 0.326 e. The lowest BCUT2D eigenvalue weighted by Crippen LogP contribution is -2.59. The van der Waals surface area contributed by atoms with Crippen LogP contribution in [-0.2, 0) is 32.0 Å². The Morgan fingerprint density at radius 2 is 1.25 bits per heavy atom. The van der Waals surface area contributed by atoms with Gasteiger partial charge in [0, 0.05) is 12.8 Å². The Labute approximate surface area is 235 Å². The molecule has 10 nitrogen and oxygen atoms in total. The molecule has 2 aromatic rings. The number of aromatic hydroxyl groups is 1. The van der Waals surface area contributed by atoms with Gasteiger partial charge in [0.05, 0.1) is 6.04 Å². The topological polar surface area (TPSA) is 171 Å². The molecule has 0 aliphatic rings. The van der Waals surface area contributed by atoms with Crippen molar-refractivity contribution in [2.24, 2.45) is 17.6 Å². The highest BCUT2D eigenvalue weighted by molar-refractivity contribution is 5.94. The number of aliphatic carboxylic acids is 1. The summed E-state index contributed by atoms with van der Waals surface area (Å²) >= 11 is 0. The van der Waals surface area contributed by atoms with Crippen LogP contribution < -0.4 is 21.7 Å². The average molecular weight is 555 g/mol. The van der Waals surface area contributed by atoms with Gasteiger partial charge in [-0.3, -0.25) is 14.4 Å². The van der Waals surface area contributed by atoms with Crippen molar-refractivity contribution in [3.63, 3.8) is 0 Å². The maximum atomic E-state index is 13.5. The van der Waals surface area contributed by atoms with E-state index in [0.717, 1.165) is 5.56 Å². The molecule has 7 N–H and O–H groups in total. The third-order valence-corrected chi connectivity index (χ3v) is 7.26. The summed E-state index contributed by atoms with van der Waals surface area (Å²) in [7, 11) is 0. The molecule has 0 bridgehead atoms. The summed E-state index contributed by atoms with van der Waals surface area (Å²) in [6.07, 6.45) is 1.39. The molecule has 0 fully saturated rings. The van der Waals surface area contributed by atoms with Crippen molar-refractivity contribution in [2.45, 2.75) is 77.5 Å². The Bertz CT molecular complexity index is 1120. The fourth-order valence-electron chi connectivity index (χ4n) is 4.12. The summed E-state index contributed by atoms with van der Waals surface area (Å²) in [5.41, 5.74) is 7.53. The molecule has 3 amide bonds. The SMILES string of the molecule is CCC(C)C(N)C(=O)NC(Cc1ccccc1)C(=O)NC(C(=O)NC(Cc1ccc(O)cc1)C(=O)O)C(C)CC. The van der Waals surface area contributed by atoms with E-state index in [1.165, 1.54) is 12.1 Å². The van der Waals surface area contributed by atoms with Gasteiger partial charge in [-0.25, -0.2) is 4.79 Å². The summed E-state index contributed by atoms with van der Waals surface area (Å²) in [6.45, 7) is 7.42. The Morgan fingerprint density at radius 1 is 0.725 bits per heavy atom. The van der Waals surface area contributed by atoms with Crippen LogP contribution in [0.25, 0.3) is 0 Å². The standard InChI is InChI=1S/C30H42N4O6/c1-5-18(3)25(31)28(37)32-23(16-20-10-8-7-9-11-20)27(36)34-26(19(4)6-2)29(38)33-24(30(39)40)17-21-12-14-22(35)15-13-21/h7-15,18-19,23-26,35H,5-6,16-17,31H2,1-4H3,(H,32,37)(H,33,38)(H,34,36)(H,39,40). The summed E-state index contributed by atoms with van der Waals surface area (Å²) in [5, 5.41) is 27.3. The summed E-state index contributed by atoms with van der Waals surface area (Å²) < 4.78 is 0. The van der Waals surface area contributed by atoms with Crippen LogP contribution in [0.2, 0.25) is 0 Å². The fourth-order valence-corrected chi connectivity index (χ4v) is 4.12. The number of hydrogen-bond acceptors (Lipinski definition) is 6. The normalized spacial score (nSPS) is 15.5. The third-order valence-electron chi connectivity index (χ3n) is 7.26. The van der Waals surface area contributed by atoms with Crippen LogP contribution in [0.3, 0.4) is 0 Å². The van der Waals surface area contributed by atoms with E-state index >= 15 is 0 Å². The number of nitrogens with two attached hydrogens (primary N) is 1. The van der Waals surface area contributed by atoms with Gasteiger partial charge < -0.3 is 31.9 Å². The maximum absolute atomic E-state index is 13.5. The van der Waals surface area contributed by atoms with Crippen LogP contribution in [0.5, 0.6) is 5.75 Å². The Morgan fingerprint density at radius 3 is 1.80 bits per heavy atom. The van der Waals surface area contributed by atoms with Gasteiger partial charge in [0.2, 0.25) is 17.7 Å². The van der Waals surface area contributed by atoms with Crippen molar-refractivity contribution >= 4 is 23.7 Å². The van der Waals surface area contributed by atoms with Gasteiger partial charge >= 0.3 is 5.97 Å².